The second-order valence-electron chi connectivity index (χ2n) is 6.59. The molecular weight excluding hydrogens is 417 g/mol. The normalized spacial score (nSPS) is 13.0. The topological polar surface area (TPSA) is 63.8 Å². The van der Waals surface area contributed by atoms with Crippen LogP contribution in [0.4, 0.5) is 18.3 Å². The number of pyridine rings is 1. The first kappa shape index (κ1) is 19.8. The largest absolute Gasteiger partial charge is 0.416 e. The van der Waals surface area contributed by atoms with Gasteiger partial charge in [-0.2, -0.15) is 13.2 Å². The Morgan fingerprint density at radius 1 is 1.03 bits per heavy atom. The minimum Gasteiger partial charge on any atom is -0.360 e. The average molecular weight is 435 g/mol. The first-order chi connectivity index (χ1) is 13.9. The fourth-order valence-corrected chi connectivity index (χ4v) is 4.82. The van der Waals surface area contributed by atoms with Crippen LogP contribution in [-0.4, -0.2) is 22.6 Å². The highest BCUT2D eigenvalue weighted by atomic mass is 32.1. The highest BCUT2D eigenvalue weighted by Crippen LogP contribution is 2.37. The molecule has 0 unspecified atom stereocenters. The van der Waals surface area contributed by atoms with Crippen molar-refractivity contribution in [2.24, 2.45) is 5.73 Å². The zero-order valence-electron chi connectivity index (χ0n) is 15.1. The van der Waals surface area contributed by atoms with Crippen LogP contribution in [-0.2, 0) is 12.6 Å². The van der Waals surface area contributed by atoms with Crippen LogP contribution in [0.25, 0.3) is 19.8 Å². The van der Waals surface area contributed by atoms with Gasteiger partial charge in [-0.3, -0.25) is 4.98 Å². The summed E-state index contributed by atoms with van der Waals surface area (Å²) in [6.07, 6.45) is 1.61. The third-order valence-corrected chi connectivity index (χ3v) is 6.60. The van der Waals surface area contributed by atoms with Crippen LogP contribution >= 0.6 is 22.7 Å². The molecule has 0 aliphatic rings. The molecule has 9 heteroatoms. The van der Waals surface area contributed by atoms with Gasteiger partial charge in [0.15, 0.2) is 5.13 Å². The molecule has 1 atom stereocenters. The Balaban J connectivity index is 1.34. The molecule has 4 rings (SSSR count). The van der Waals surface area contributed by atoms with Gasteiger partial charge >= 0.3 is 6.18 Å². The predicted molar refractivity (Wildman–Crippen MR) is 112 cm³/mol. The Morgan fingerprint density at radius 2 is 1.83 bits per heavy atom. The van der Waals surface area contributed by atoms with Crippen molar-refractivity contribution in [1.29, 1.82) is 0 Å². The summed E-state index contributed by atoms with van der Waals surface area (Å²) in [5, 5.41) is 5.14. The number of hydrogen-bond donors (Lipinski definition) is 2. The smallest absolute Gasteiger partial charge is 0.360 e. The molecule has 0 saturated heterocycles. The maximum atomic E-state index is 12.6. The maximum absolute atomic E-state index is 12.6. The zero-order chi connectivity index (χ0) is 20.4. The van der Waals surface area contributed by atoms with Gasteiger partial charge in [0.1, 0.15) is 0 Å². The van der Waals surface area contributed by atoms with E-state index in [4.69, 9.17) is 5.73 Å². The minimum atomic E-state index is -4.32. The van der Waals surface area contributed by atoms with Gasteiger partial charge < -0.3 is 11.1 Å². The van der Waals surface area contributed by atoms with Gasteiger partial charge in [0.05, 0.1) is 15.1 Å². The second-order valence-corrected chi connectivity index (χ2v) is 8.71. The van der Waals surface area contributed by atoms with Crippen LogP contribution in [0.3, 0.4) is 0 Å². The second kappa shape index (κ2) is 8.10. The van der Waals surface area contributed by atoms with Gasteiger partial charge in [-0.05, 0) is 41.6 Å². The number of nitrogens with one attached hydrogen (secondary N) is 1. The lowest BCUT2D eigenvalue weighted by Crippen LogP contribution is -2.31. The highest BCUT2D eigenvalue weighted by molar-refractivity contribution is 7.27. The first-order valence-electron chi connectivity index (χ1n) is 8.84. The van der Waals surface area contributed by atoms with Crippen LogP contribution in [0.5, 0.6) is 0 Å². The van der Waals surface area contributed by atoms with Crippen LogP contribution < -0.4 is 11.1 Å². The quantitative estimate of drug-likeness (QED) is 0.425. The summed E-state index contributed by atoms with van der Waals surface area (Å²) in [4.78, 5) is 10.7. The first-order valence-corrected chi connectivity index (χ1v) is 10.5. The number of hydrogen-bond acceptors (Lipinski definition) is 6. The van der Waals surface area contributed by atoms with Gasteiger partial charge in [0.25, 0.3) is 0 Å². The molecule has 3 N–H and O–H groups in total. The third-order valence-electron chi connectivity index (χ3n) is 4.37. The van der Waals surface area contributed by atoms with E-state index >= 15 is 0 Å². The molecular formula is C20H17F3N4S2. The third kappa shape index (κ3) is 4.75. The Morgan fingerprint density at radius 3 is 2.55 bits per heavy atom. The fraction of sp³-hybridized carbons (Fsp3) is 0.200. The van der Waals surface area contributed by atoms with Crippen LogP contribution in [0, 0.1) is 0 Å². The molecule has 0 spiro atoms. The number of nitrogens with zero attached hydrogens (tertiary/aromatic N) is 2. The molecule has 29 heavy (non-hydrogen) atoms. The van der Waals surface area contributed by atoms with Gasteiger partial charge in [0.2, 0.25) is 0 Å². The number of aromatic nitrogens is 2. The Bertz CT molecular complexity index is 1070. The van der Waals surface area contributed by atoms with Crippen LogP contribution in [0.1, 0.15) is 11.1 Å². The Hall–Kier alpha value is -2.49. The highest BCUT2D eigenvalue weighted by Gasteiger charge is 2.29. The number of nitrogens with two attached hydrogens (primary N) is 1. The number of halogens is 3. The molecule has 3 aromatic heterocycles. The van der Waals surface area contributed by atoms with E-state index < -0.39 is 11.7 Å². The standard InChI is InChI=1S/C20H17F3N4S2/c21-20(22,23)14-3-1-12(2-4-14)7-15(24)9-26-19-27-11-18(29-19)16-8-13-5-6-25-10-17(13)28-16/h1-6,8,10-11,15H,7,9,24H2,(H,26,27)/t15-/m1/s1. The molecule has 0 aliphatic carbocycles. The number of rotatable bonds is 6. The Kier molecular flexibility index (Phi) is 5.53. The van der Waals surface area contributed by atoms with Crippen LogP contribution in [0.2, 0.25) is 0 Å². The SMILES string of the molecule is N[C@@H](CNc1ncc(-c2cc3ccncc3s2)s1)Cc1ccc(C(F)(F)F)cc1. The fourth-order valence-electron chi connectivity index (χ4n) is 2.90. The van der Waals surface area contributed by atoms with Gasteiger partial charge in [0, 0.05) is 36.1 Å². The molecule has 4 aromatic rings. The molecule has 3 heterocycles. The average Bonchev–Trinajstić information content (AvgIpc) is 3.33. The summed E-state index contributed by atoms with van der Waals surface area (Å²) in [5.41, 5.74) is 6.25. The lowest BCUT2D eigenvalue weighted by Gasteiger charge is -2.13. The molecule has 150 valence electrons. The summed E-state index contributed by atoms with van der Waals surface area (Å²) >= 11 is 3.21. The number of thiophene rings is 1. The van der Waals surface area contributed by atoms with E-state index in [9.17, 15) is 13.2 Å². The van der Waals surface area contributed by atoms with E-state index in [0.29, 0.717) is 13.0 Å². The Labute approximate surface area is 173 Å². The number of thiazole rings is 1. The summed E-state index contributed by atoms with van der Waals surface area (Å²) in [5.74, 6) is 0. The lowest BCUT2D eigenvalue weighted by molar-refractivity contribution is -0.137. The van der Waals surface area contributed by atoms with Crippen molar-refractivity contribution >= 4 is 37.9 Å². The van der Waals surface area contributed by atoms with E-state index in [0.717, 1.165) is 42.7 Å². The molecule has 0 saturated carbocycles. The van der Waals surface area contributed by atoms with Gasteiger partial charge in [-0.15, -0.1) is 11.3 Å². The number of fused-ring (bicyclic) bond motifs is 1. The lowest BCUT2D eigenvalue weighted by atomic mass is 10.0. The van der Waals surface area contributed by atoms with Crippen molar-refractivity contribution in [3.63, 3.8) is 0 Å². The molecule has 0 radical (unpaired) electrons. The number of anilines is 1. The maximum Gasteiger partial charge on any atom is 0.416 e. The predicted octanol–water partition coefficient (Wildman–Crippen LogP) is 5.42. The van der Waals surface area contributed by atoms with Crippen LogP contribution in [0.15, 0.2) is 55.0 Å². The van der Waals surface area contributed by atoms with Crippen molar-refractivity contribution in [1.82, 2.24) is 9.97 Å². The monoisotopic (exact) mass is 434 g/mol. The summed E-state index contributed by atoms with van der Waals surface area (Å²) in [7, 11) is 0. The van der Waals surface area contributed by atoms with E-state index in [2.05, 4.69) is 21.4 Å². The molecule has 1 aromatic carbocycles. The molecule has 0 aliphatic heterocycles. The van der Waals surface area contributed by atoms with Crippen molar-refractivity contribution < 1.29 is 13.2 Å². The van der Waals surface area contributed by atoms with E-state index in [1.165, 1.54) is 12.1 Å². The molecule has 0 fully saturated rings. The van der Waals surface area contributed by atoms with Gasteiger partial charge in [-0.25, -0.2) is 4.98 Å². The summed E-state index contributed by atoms with van der Waals surface area (Å²) in [6.45, 7) is 0.476. The van der Waals surface area contributed by atoms with Crippen molar-refractivity contribution in [2.45, 2.75) is 18.6 Å². The van der Waals surface area contributed by atoms with E-state index in [1.54, 1.807) is 28.9 Å². The molecule has 0 bridgehead atoms. The van der Waals surface area contributed by atoms with Crippen molar-refractivity contribution in [3.8, 4) is 9.75 Å². The zero-order valence-corrected chi connectivity index (χ0v) is 16.7. The van der Waals surface area contributed by atoms with E-state index in [-0.39, 0.29) is 6.04 Å². The van der Waals surface area contributed by atoms with Crippen molar-refractivity contribution in [3.05, 3.63) is 66.1 Å². The minimum absolute atomic E-state index is 0.241. The molecule has 4 nitrogen and oxygen atoms in total. The number of alkyl halides is 3. The van der Waals surface area contributed by atoms with Crippen molar-refractivity contribution in [2.75, 3.05) is 11.9 Å². The van der Waals surface area contributed by atoms with Gasteiger partial charge in [-0.1, -0.05) is 23.5 Å². The summed E-state index contributed by atoms with van der Waals surface area (Å²) < 4.78 is 39.0. The van der Waals surface area contributed by atoms with E-state index in [1.807, 2.05) is 18.5 Å². The molecule has 0 amide bonds. The summed E-state index contributed by atoms with van der Waals surface area (Å²) in [6, 6.07) is 8.98. The number of benzene rings is 1.